The van der Waals surface area contributed by atoms with Crippen LogP contribution < -0.4 is 22.3 Å². The van der Waals surface area contributed by atoms with E-state index < -0.39 is 17.4 Å². The third-order valence-corrected chi connectivity index (χ3v) is 4.96. The SMILES string of the molecule is CC(Nc1nc(N)nc(N)c1C#N)c1nc2ccc(F)cc2c(=O)n1-c1cccc(Cl)c1. The molecule has 0 fully saturated rings. The van der Waals surface area contributed by atoms with E-state index in [-0.39, 0.29) is 34.4 Å². The molecule has 2 aromatic carbocycles. The van der Waals surface area contributed by atoms with Crippen LogP contribution in [0.25, 0.3) is 16.6 Å². The van der Waals surface area contributed by atoms with Crippen molar-refractivity contribution in [3.63, 3.8) is 0 Å². The minimum absolute atomic E-state index is 0.00515. The maximum Gasteiger partial charge on any atom is 0.266 e. The van der Waals surface area contributed by atoms with Gasteiger partial charge in [0.1, 0.15) is 29.1 Å². The van der Waals surface area contributed by atoms with Crippen molar-refractivity contribution in [2.24, 2.45) is 0 Å². The molecule has 1 unspecified atom stereocenters. The monoisotopic (exact) mass is 450 g/mol. The molecular weight excluding hydrogens is 435 g/mol. The first kappa shape index (κ1) is 21.0. The summed E-state index contributed by atoms with van der Waals surface area (Å²) in [7, 11) is 0. The minimum Gasteiger partial charge on any atom is -0.382 e. The van der Waals surface area contributed by atoms with Gasteiger partial charge in [0.25, 0.3) is 5.56 Å². The number of nitrogens with one attached hydrogen (secondary N) is 1. The zero-order valence-corrected chi connectivity index (χ0v) is 17.4. The lowest BCUT2D eigenvalue weighted by Crippen LogP contribution is -2.27. The highest BCUT2D eigenvalue weighted by Gasteiger charge is 2.21. The van der Waals surface area contributed by atoms with Crippen LogP contribution in [-0.4, -0.2) is 19.5 Å². The third-order valence-electron chi connectivity index (χ3n) is 4.73. The van der Waals surface area contributed by atoms with Gasteiger partial charge in [0.05, 0.1) is 22.6 Å². The molecule has 0 aliphatic carbocycles. The number of nitrogens with two attached hydrogens (primary N) is 2. The van der Waals surface area contributed by atoms with Gasteiger partial charge >= 0.3 is 0 Å². The molecule has 32 heavy (non-hydrogen) atoms. The highest BCUT2D eigenvalue weighted by molar-refractivity contribution is 6.30. The number of nitrogens with zero attached hydrogens (tertiary/aromatic N) is 5. The maximum absolute atomic E-state index is 13.8. The Labute approximate surface area is 186 Å². The summed E-state index contributed by atoms with van der Waals surface area (Å²) in [5.41, 5.74) is 11.7. The quantitative estimate of drug-likeness (QED) is 0.429. The van der Waals surface area contributed by atoms with Crippen molar-refractivity contribution in [2.75, 3.05) is 16.8 Å². The summed E-state index contributed by atoms with van der Waals surface area (Å²) < 4.78 is 15.2. The van der Waals surface area contributed by atoms with Gasteiger partial charge in [-0.25, -0.2) is 9.37 Å². The van der Waals surface area contributed by atoms with E-state index in [0.717, 1.165) is 6.07 Å². The van der Waals surface area contributed by atoms with Crippen LogP contribution in [-0.2, 0) is 0 Å². The summed E-state index contributed by atoms with van der Waals surface area (Å²) in [5, 5.41) is 13.0. The number of aromatic nitrogens is 4. The van der Waals surface area contributed by atoms with Crippen LogP contribution in [0.1, 0.15) is 24.4 Å². The first-order valence-corrected chi connectivity index (χ1v) is 9.74. The van der Waals surface area contributed by atoms with Crippen molar-refractivity contribution >= 4 is 40.1 Å². The van der Waals surface area contributed by atoms with Gasteiger partial charge in [-0.15, -0.1) is 0 Å². The maximum atomic E-state index is 13.8. The Morgan fingerprint density at radius 1 is 1.19 bits per heavy atom. The van der Waals surface area contributed by atoms with Gasteiger partial charge in [-0.2, -0.15) is 15.2 Å². The Kier molecular flexibility index (Phi) is 5.34. The molecule has 9 nitrogen and oxygen atoms in total. The molecule has 11 heteroatoms. The van der Waals surface area contributed by atoms with Crippen LogP contribution in [0.15, 0.2) is 47.3 Å². The Balaban J connectivity index is 1.94. The van der Waals surface area contributed by atoms with Crippen molar-refractivity contribution in [3.05, 3.63) is 75.0 Å². The van der Waals surface area contributed by atoms with Crippen LogP contribution in [0.2, 0.25) is 5.02 Å². The highest BCUT2D eigenvalue weighted by Crippen LogP contribution is 2.26. The number of fused-ring (bicyclic) bond motifs is 1. The Morgan fingerprint density at radius 2 is 1.97 bits per heavy atom. The third kappa shape index (κ3) is 3.77. The summed E-state index contributed by atoms with van der Waals surface area (Å²) in [6, 6.07) is 11.7. The van der Waals surface area contributed by atoms with E-state index in [1.165, 1.54) is 16.7 Å². The molecule has 0 radical (unpaired) electrons. The largest absolute Gasteiger partial charge is 0.382 e. The average molecular weight is 451 g/mol. The number of hydrogen-bond acceptors (Lipinski definition) is 8. The van der Waals surface area contributed by atoms with E-state index in [0.29, 0.717) is 16.2 Å². The molecule has 0 spiro atoms. The summed E-state index contributed by atoms with van der Waals surface area (Å²) in [6.45, 7) is 1.72. The normalized spacial score (nSPS) is 11.8. The lowest BCUT2D eigenvalue weighted by Gasteiger charge is -2.21. The van der Waals surface area contributed by atoms with Gasteiger partial charge in [-0.3, -0.25) is 9.36 Å². The molecule has 4 rings (SSSR count). The first-order chi connectivity index (χ1) is 15.3. The first-order valence-electron chi connectivity index (χ1n) is 9.36. The van der Waals surface area contributed by atoms with Crippen LogP contribution in [0, 0.1) is 17.1 Å². The molecule has 0 aliphatic heterocycles. The molecule has 0 amide bonds. The van der Waals surface area contributed by atoms with Crippen LogP contribution in [0.3, 0.4) is 0 Å². The van der Waals surface area contributed by atoms with Gasteiger partial charge < -0.3 is 16.8 Å². The Bertz CT molecular complexity index is 1460. The fourth-order valence-corrected chi connectivity index (χ4v) is 3.50. The molecule has 2 aromatic heterocycles. The molecule has 160 valence electrons. The lowest BCUT2D eigenvalue weighted by atomic mass is 10.2. The molecule has 1 atom stereocenters. The second-order valence-corrected chi connectivity index (χ2v) is 7.36. The summed E-state index contributed by atoms with van der Waals surface area (Å²) in [5.74, 6) is -0.389. The molecule has 0 saturated heterocycles. The van der Waals surface area contributed by atoms with Crippen molar-refractivity contribution in [1.82, 2.24) is 19.5 Å². The van der Waals surface area contributed by atoms with Crippen LogP contribution >= 0.6 is 11.6 Å². The summed E-state index contributed by atoms with van der Waals surface area (Å²) in [6.07, 6.45) is 0. The van der Waals surface area contributed by atoms with E-state index in [2.05, 4.69) is 20.3 Å². The predicted octanol–water partition coefficient (Wildman–Crippen LogP) is 3.18. The summed E-state index contributed by atoms with van der Waals surface area (Å²) >= 11 is 6.13. The van der Waals surface area contributed by atoms with E-state index in [9.17, 15) is 14.4 Å². The summed E-state index contributed by atoms with van der Waals surface area (Å²) in [4.78, 5) is 25.8. The number of hydrogen-bond donors (Lipinski definition) is 3. The van der Waals surface area contributed by atoms with E-state index >= 15 is 0 Å². The number of nitrogen functional groups attached to an aromatic ring is 2. The van der Waals surface area contributed by atoms with Gasteiger partial charge in [0.15, 0.2) is 5.82 Å². The van der Waals surface area contributed by atoms with Gasteiger partial charge in [-0.1, -0.05) is 17.7 Å². The van der Waals surface area contributed by atoms with Gasteiger partial charge in [-0.05, 0) is 43.3 Å². The van der Waals surface area contributed by atoms with E-state index in [1.54, 1.807) is 31.2 Å². The number of nitriles is 1. The van der Waals surface area contributed by atoms with Crippen LogP contribution in [0.5, 0.6) is 0 Å². The number of halogens is 2. The second-order valence-electron chi connectivity index (χ2n) is 6.92. The van der Waals surface area contributed by atoms with E-state index in [4.69, 9.17) is 23.1 Å². The zero-order valence-electron chi connectivity index (χ0n) is 16.7. The van der Waals surface area contributed by atoms with E-state index in [1.807, 2.05) is 6.07 Å². The standard InChI is InChI=1S/C21H16ClFN8O/c1-10(27-18-15(9-24)17(25)29-21(26)30-18)19-28-16-6-5-12(23)8-14(16)20(32)31(19)13-4-2-3-11(22)7-13/h2-8,10H,1H3,(H5,25,26,27,29,30). The topological polar surface area (TPSA) is 149 Å². The highest BCUT2D eigenvalue weighted by atomic mass is 35.5. The molecule has 0 aliphatic rings. The number of benzene rings is 2. The van der Waals surface area contributed by atoms with Crippen LogP contribution in [0.4, 0.5) is 22.0 Å². The molecule has 0 bridgehead atoms. The Morgan fingerprint density at radius 3 is 2.69 bits per heavy atom. The fourth-order valence-electron chi connectivity index (χ4n) is 3.31. The van der Waals surface area contributed by atoms with Crippen molar-refractivity contribution in [1.29, 1.82) is 5.26 Å². The molecule has 5 N–H and O–H groups in total. The van der Waals surface area contributed by atoms with Gasteiger partial charge in [0, 0.05) is 5.02 Å². The molecular formula is C21H16ClFN8O. The van der Waals surface area contributed by atoms with Crippen molar-refractivity contribution < 1.29 is 4.39 Å². The Hall–Kier alpha value is -4.23. The molecule has 4 aromatic rings. The van der Waals surface area contributed by atoms with Crippen molar-refractivity contribution in [3.8, 4) is 11.8 Å². The fraction of sp³-hybridized carbons (Fsp3) is 0.0952. The molecule has 0 saturated carbocycles. The smallest absolute Gasteiger partial charge is 0.266 e. The minimum atomic E-state index is -0.656. The number of rotatable bonds is 4. The van der Waals surface area contributed by atoms with Crippen molar-refractivity contribution in [2.45, 2.75) is 13.0 Å². The predicted molar refractivity (Wildman–Crippen MR) is 120 cm³/mol. The number of anilines is 3. The second kappa shape index (κ2) is 8.13. The zero-order chi connectivity index (χ0) is 23.0. The average Bonchev–Trinajstić information content (AvgIpc) is 2.73. The lowest BCUT2D eigenvalue weighted by molar-refractivity contribution is 0.629. The molecule has 2 heterocycles. The van der Waals surface area contributed by atoms with Gasteiger partial charge in [0.2, 0.25) is 5.95 Å².